The maximum atomic E-state index is 11.5. The molecule has 1 aliphatic rings. The predicted molar refractivity (Wildman–Crippen MR) is 49.0 cm³/mol. The molecule has 2 N–H and O–H groups in total. The molecule has 0 spiro atoms. The van der Waals surface area contributed by atoms with E-state index in [9.17, 15) is 4.79 Å². The van der Waals surface area contributed by atoms with Crippen molar-refractivity contribution in [3.63, 3.8) is 0 Å². The summed E-state index contributed by atoms with van der Waals surface area (Å²) < 4.78 is 5.25. The molecule has 0 saturated heterocycles. The molecule has 2 rings (SSSR count). The molecule has 14 heavy (non-hydrogen) atoms. The number of carbonyl (C=O) groups is 1. The van der Waals surface area contributed by atoms with Gasteiger partial charge in [-0.2, -0.15) is 5.26 Å². The first-order chi connectivity index (χ1) is 6.72. The monoisotopic (exact) mass is 188 g/mol. The Balaban J connectivity index is 2.50. The smallest absolute Gasteiger partial charge is 0.186 e. The maximum Gasteiger partial charge on any atom is 0.186 e. The Labute approximate surface area is 80.9 Å². The first kappa shape index (κ1) is 8.73. The Bertz CT molecular complexity index is 434. The summed E-state index contributed by atoms with van der Waals surface area (Å²) in [7, 11) is 0. The average Bonchev–Trinajstić information content (AvgIpc) is 2.23. The largest absolute Gasteiger partial charge is 0.491 e. The van der Waals surface area contributed by atoms with Crippen LogP contribution in [0.2, 0.25) is 0 Å². The summed E-state index contributed by atoms with van der Waals surface area (Å²) in [5.74, 6) is 0.325. The number of nitrogens with two attached hydrogens (primary N) is 1. The Kier molecular flexibility index (Phi) is 1.95. The number of ether oxygens (including phenoxy) is 1. The van der Waals surface area contributed by atoms with E-state index < -0.39 is 6.04 Å². The third kappa shape index (κ3) is 1.24. The van der Waals surface area contributed by atoms with Gasteiger partial charge in [0.25, 0.3) is 0 Å². The summed E-state index contributed by atoms with van der Waals surface area (Å²) in [4.78, 5) is 11.5. The second kappa shape index (κ2) is 3.13. The number of rotatable bonds is 0. The molecule has 0 fully saturated rings. The number of nitrogens with zero attached hydrogens (tertiary/aromatic N) is 1. The van der Waals surface area contributed by atoms with Crippen LogP contribution in [-0.2, 0) is 0 Å². The first-order valence-electron chi connectivity index (χ1n) is 4.19. The van der Waals surface area contributed by atoms with E-state index in [4.69, 9.17) is 15.7 Å². The second-order valence-electron chi connectivity index (χ2n) is 3.10. The molecule has 4 nitrogen and oxygen atoms in total. The van der Waals surface area contributed by atoms with Crippen molar-refractivity contribution in [2.75, 3.05) is 6.61 Å². The maximum absolute atomic E-state index is 11.5. The van der Waals surface area contributed by atoms with Gasteiger partial charge in [0, 0.05) is 0 Å². The number of hydrogen-bond donors (Lipinski definition) is 1. The molecule has 4 heteroatoms. The molecule has 1 aliphatic heterocycles. The van der Waals surface area contributed by atoms with Crippen LogP contribution in [-0.4, -0.2) is 18.4 Å². The fraction of sp³-hybridized carbons (Fsp3) is 0.200. The van der Waals surface area contributed by atoms with Crippen LogP contribution in [0.15, 0.2) is 18.2 Å². The second-order valence-corrected chi connectivity index (χ2v) is 3.10. The van der Waals surface area contributed by atoms with Crippen molar-refractivity contribution in [1.29, 1.82) is 5.26 Å². The van der Waals surface area contributed by atoms with Gasteiger partial charge in [0.2, 0.25) is 0 Å². The Morgan fingerprint density at radius 2 is 2.36 bits per heavy atom. The summed E-state index contributed by atoms with van der Waals surface area (Å²) >= 11 is 0. The average molecular weight is 188 g/mol. The quantitative estimate of drug-likeness (QED) is 0.641. The summed E-state index contributed by atoms with van der Waals surface area (Å²) in [6.07, 6.45) is 0. The van der Waals surface area contributed by atoms with E-state index in [2.05, 4.69) is 0 Å². The van der Waals surface area contributed by atoms with E-state index in [0.717, 1.165) is 0 Å². The molecule has 0 radical (unpaired) electrons. The van der Waals surface area contributed by atoms with E-state index in [0.29, 0.717) is 16.9 Å². The lowest BCUT2D eigenvalue weighted by molar-refractivity contribution is 0.0900. The zero-order valence-electron chi connectivity index (χ0n) is 7.36. The van der Waals surface area contributed by atoms with Gasteiger partial charge in [0.15, 0.2) is 5.78 Å². The molecule has 70 valence electrons. The van der Waals surface area contributed by atoms with Crippen LogP contribution in [0.1, 0.15) is 15.9 Å². The molecular weight excluding hydrogens is 180 g/mol. The van der Waals surface area contributed by atoms with Crippen molar-refractivity contribution in [3.8, 4) is 11.8 Å². The molecule has 1 unspecified atom stereocenters. The van der Waals surface area contributed by atoms with Crippen molar-refractivity contribution in [3.05, 3.63) is 29.3 Å². The van der Waals surface area contributed by atoms with Crippen molar-refractivity contribution < 1.29 is 9.53 Å². The first-order valence-corrected chi connectivity index (χ1v) is 4.19. The molecule has 1 aromatic rings. The van der Waals surface area contributed by atoms with Gasteiger partial charge in [-0.05, 0) is 18.2 Å². The van der Waals surface area contributed by atoms with E-state index in [1.807, 2.05) is 6.07 Å². The molecule has 0 saturated carbocycles. The third-order valence-electron chi connectivity index (χ3n) is 2.13. The third-order valence-corrected chi connectivity index (χ3v) is 2.13. The highest BCUT2D eigenvalue weighted by molar-refractivity contribution is 6.03. The van der Waals surface area contributed by atoms with Crippen LogP contribution in [0.4, 0.5) is 0 Å². The van der Waals surface area contributed by atoms with E-state index >= 15 is 0 Å². The van der Waals surface area contributed by atoms with E-state index in [1.165, 1.54) is 0 Å². The van der Waals surface area contributed by atoms with Crippen molar-refractivity contribution in [2.45, 2.75) is 6.04 Å². The molecule has 1 atom stereocenters. The van der Waals surface area contributed by atoms with Crippen LogP contribution in [0.5, 0.6) is 5.75 Å². The number of nitriles is 1. The topological polar surface area (TPSA) is 76.1 Å². The van der Waals surface area contributed by atoms with Crippen LogP contribution >= 0.6 is 0 Å². The summed E-state index contributed by atoms with van der Waals surface area (Å²) in [5, 5.41) is 8.64. The lowest BCUT2D eigenvalue weighted by Gasteiger charge is -2.20. The van der Waals surface area contributed by atoms with Gasteiger partial charge in [0.05, 0.1) is 17.2 Å². The minimum Gasteiger partial charge on any atom is -0.491 e. The van der Waals surface area contributed by atoms with Gasteiger partial charge < -0.3 is 10.5 Å². The van der Waals surface area contributed by atoms with Crippen LogP contribution in [0.3, 0.4) is 0 Å². The predicted octanol–water partition coefficient (Wildman–Crippen LogP) is 0.461. The number of hydrogen-bond acceptors (Lipinski definition) is 4. The molecule has 0 amide bonds. The highest BCUT2D eigenvalue weighted by Crippen LogP contribution is 2.25. The minimum atomic E-state index is -0.588. The van der Waals surface area contributed by atoms with Crippen LogP contribution in [0, 0.1) is 11.3 Å². The fourth-order valence-electron chi connectivity index (χ4n) is 1.37. The van der Waals surface area contributed by atoms with Crippen molar-refractivity contribution >= 4 is 5.78 Å². The van der Waals surface area contributed by atoms with Crippen molar-refractivity contribution in [2.24, 2.45) is 5.73 Å². The van der Waals surface area contributed by atoms with E-state index in [1.54, 1.807) is 18.2 Å². The highest BCUT2D eigenvalue weighted by Gasteiger charge is 2.25. The van der Waals surface area contributed by atoms with Gasteiger partial charge in [0.1, 0.15) is 18.4 Å². The standard InChI is InChI=1S/C10H8N2O2/c11-4-6-1-2-7-9(3-6)14-5-8(12)10(7)13/h1-3,8H,5,12H2. The lowest BCUT2D eigenvalue weighted by Crippen LogP contribution is -2.40. The number of Topliss-reactive ketones (excluding diaryl/α,β-unsaturated/α-hetero) is 1. The van der Waals surface area contributed by atoms with Crippen LogP contribution in [0.25, 0.3) is 0 Å². The zero-order chi connectivity index (χ0) is 10.1. The zero-order valence-corrected chi connectivity index (χ0v) is 7.36. The Morgan fingerprint density at radius 1 is 1.57 bits per heavy atom. The molecule has 0 aromatic heterocycles. The SMILES string of the molecule is N#Cc1ccc2c(c1)OCC(N)C2=O. The van der Waals surface area contributed by atoms with Gasteiger partial charge >= 0.3 is 0 Å². The molecular formula is C10H8N2O2. The lowest BCUT2D eigenvalue weighted by atomic mass is 10.0. The number of benzene rings is 1. The summed E-state index contributed by atoms with van der Waals surface area (Å²) in [5.41, 5.74) is 6.46. The Hall–Kier alpha value is -1.86. The minimum absolute atomic E-state index is 0.129. The van der Waals surface area contributed by atoms with Gasteiger partial charge in [-0.3, -0.25) is 4.79 Å². The molecule has 0 bridgehead atoms. The van der Waals surface area contributed by atoms with Gasteiger partial charge in [-0.1, -0.05) is 0 Å². The van der Waals surface area contributed by atoms with E-state index in [-0.39, 0.29) is 12.4 Å². The Morgan fingerprint density at radius 3 is 3.07 bits per heavy atom. The summed E-state index contributed by atoms with van der Waals surface area (Å²) in [6, 6.07) is 6.11. The van der Waals surface area contributed by atoms with Crippen molar-refractivity contribution in [1.82, 2.24) is 0 Å². The number of ketones is 1. The van der Waals surface area contributed by atoms with Crippen LogP contribution < -0.4 is 10.5 Å². The number of fused-ring (bicyclic) bond motifs is 1. The molecule has 1 aromatic carbocycles. The molecule has 0 aliphatic carbocycles. The normalized spacial score (nSPS) is 19.4. The fourth-order valence-corrected chi connectivity index (χ4v) is 1.37. The number of carbonyl (C=O) groups excluding carboxylic acids is 1. The molecule has 1 heterocycles. The summed E-state index contributed by atoms with van der Waals surface area (Å²) in [6.45, 7) is 0.181. The van der Waals surface area contributed by atoms with Gasteiger partial charge in [-0.25, -0.2) is 0 Å². The highest BCUT2D eigenvalue weighted by atomic mass is 16.5. The van der Waals surface area contributed by atoms with Gasteiger partial charge in [-0.15, -0.1) is 0 Å².